The predicted molar refractivity (Wildman–Crippen MR) is 87.2 cm³/mol. The number of benzene rings is 1. The molecule has 1 N–H and O–H groups in total. The normalized spacial score (nSPS) is 11.3. The number of hydrogen-bond acceptors (Lipinski definition) is 5. The van der Waals surface area contributed by atoms with Gasteiger partial charge in [-0.2, -0.15) is 5.26 Å². The van der Waals surface area contributed by atoms with Crippen molar-refractivity contribution in [1.82, 2.24) is 4.72 Å². The van der Waals surface area contributed by atoms with E-state index < -0.39 is 10.0 Å². The van der Waals surface area contributed by atoms with Gasteiger partial charge in [0.1, 0.15) is 11.5 Å². The first-order chi connectivity index (χ1) is 11.1. The minimum atomic E-state index is -3.64. The fourth-order valence-corrected chi connectivity index (χ4v) is 3.66. The predicted octanol–water partition coefficient (Wildman–Crippen LogP) is 3.36. The molecular formula is C16H12N2O3S2. The van der Waals surface area contributed by atoms with Crippen LogP contribution >= 0.6 is 11.3 Å². The van der Waals surface area contributed by atoms with Crippen LogP contribution in [0.3, 0.4) is 0 Å². The molecule has 2 aromatic heterocycles. The summed E-state index contributed by atoms with van der Waals surface area (Å²) < 4.78 is 32.5. The Morgan fingerprint density at radius 3 is 2.57 bits per heavy atom. The van der Waals surface area contributed by atoms with Gasteiger partial charge < -0.3 is 4.42 Å². The third-order valence-electron chi connectivity index (χ3n) is 3.16. The molecule has 0 atom stereocenters. The molecule has 0 saturated heterocycles. The highest BCUT2D eigenvalue weighted by atomic mass is 32.2. The maximum atomic E-state index is 12.2. The van der Waals surface area contributed by atoms with E-state index in [-0.39, 0.29) is 11.4 Å². The Hall–Kier alpha value is -2.40. The molecule has 116 valence electrons. The fraction of sp³-hybridized carbons (Fsp3) is 0.0625. The molecule has 0 saturated carbocycles. The highest BCUT2D eigenvalue weighted by molar-refractivity contribution is 7.89. The van der Waals surface area contributed by atoms with Gasteiger partial charge in [-0.1, -0.05) is 6.07 Å². The van der Waals surface area contributed by atoms with Crippen molar-refractivity contribution in [2.45, 2.75) is 11.4 Å². The van der Waals surface area contributed by atoms with Gasteiger partial charge in [0.05, 0.1) is 28.0 Å². The van der Waals surface area contributed by atoms with Crippen molar-refractivity contribution >= 4 is 21.4 Å². The number of furan rings is 1. The van der Waals surface area contributed by atoms with Crippen LogP contribution in [0, 0.1) is 11.3 Å². The number of thiophene rings is 1. The molecule has 0 spiro atoms. The Morgan fingerprint density at radius 2 is 1.91 bits per heavy atom. The van der Waals surface area contributed by atoms with Crippen molar-refractivity contribution in [2.24, 2.45) is 0 Å². The van der Waals surface area contributed by atoms with Crippen LogP contribution in [0.2, 0.25) is 0 Å². The largest absolute Gasteiger partial charge is 0.459 e. The summed E-state index contributed by atoms with van der Waals surface area (Å²) in [5.41, 5.74) is 0.413. The quantitative estimate of drug-likeness (QED) is 0.769. The lowest BCUT2D eigenvalue weighted by Gasteiger charge is -2.05. The topological polar surface area (TPSA) is 83.1 Å². The van der Waals surface area contributed by atoms with Gasteiger partial charge in [-0.15, -0.1) is 11.3 Å². The Balaban J connectivity index is 1.70. The van der Waals surface area contributed by atoms with Gasteiger partial charge in [0.25, 0.3) is 0 Å². The summed E-state index contributed by atoms with van der Waals surface area (Å²) in [5.74, 6) is 1.25. The third kappa shape index (κ3) is 3.51. The Kier molecular flexibility index (Phi) is 4.30. The van der Waals surface area contributed by atoms with Crippen LogP contribution in [0.15, 0.2) is 63.2 Å². The zero-order chi connectivity index (χ0) is 16.3. The number of nitriles is 1. The van der Waals surface area contributed by atoms with Crippen molar-refractivity contribution in [3.05, 3.63) is 65.2 Å². The molecule has 0 unspecified atom stereocenters. The minimum Gasteiger partial charge on any atom is -0.459 e. The molecule has 0 amide bonds. The second-order valence-electron chi connectivity index (χ2n) is 4.70. The molecular weight excluding hydrogens is 332 g/mol. The van der Waals surface area contributed by atoms with Crippen LogP contribution in [0.5, 0.6) is 0 Å². The van der Waals surface area contributed by atoms with Crippen LogP contribution in [-0.2, 0) is 16.6 Å². The van der Waals surface area contributed by atoms with Crippen LogP contribution in [0.25, 0.3) is 10.6 Å². The highest BCUT2D eigenvalue weighted by Crippen LogP contribution is 2.26. The Morgan fingerprint density at radius 1 is 1.13 bits per heavy atom. The SMILES string of the molecule is N#Cc1ccc(S(=O)(=O)NCc2ccc(-c3cccs3)o2)cc1. The molecule has 1 aromatic carbocycles. The van der Waals surface area contributed by atoms with Crippen molar-refractivity contribution in [3.63, 3.8) is 0 Å². The first-order valence-electron chi connectivity index (χ1n) is 6.71. The summed E-state index contributed by atoms with van der Waals surface area (Å²) in [7, 11) is -3.64. The molecule has 7 heteroatoms. The molecule has 3 rings (SSSR count). The van der Waals surface area contributed by atoms with Gasteiger partial charge in [-0.25, -0.2) is 13.1 Å². The lowest BCUT2D eigenvalue weighted by Crippen LogP contribution is -2.22. The van der Waals surface area contributed by atoms with Crippen LogP contribution in [0.4, 0.5) is 0 Å². The molecule has 2 heterocycles. The molecule has 3 aromatic rings. The van der Waals surface area contributed by atoms with Gasteiger partial charge in [-0.3, -0.25) is 0 Å². The molecule has 0 radical (unpaired) electrons. The maximum absolute atomic E-state index is 12.2. The van der Waals surface area contributed by atoms with E-state index >= 15 is 0 Å². The van der Waals surface area contributed by atoms with E-state index in [0.29, 0.717) is 17.1 Å². The Bertz CT molecular complexity index is 934. The van der Waals surface area contributed by atoms with E-state index in [4.69, 9.17) is 9.68 Å². The first-order valence-corrected chi connectivity index (χ1v) is 9.07. The molecule has 23 heavy (non-hydrogen) atoms. The number of rotatable bonds is 5. The third-order valence-corrected chi connectivity index (χ3v) is 5.46. The van der Waals surface area contributed by atoms with Gasteiger partial charge in [-0.05, 0) is 47.8 Å². The minimum absolute atomic E-state index is 0.0632. The Labute approximate surface area is 137 Å². The number of hydrogen-bond donors (Lipinski definition) is 1. The van der Waals surface area contributed by atoms with Crippen molar-refractivity contribution in [2.75, 3.05) is 0 Å². The molecule has 0 aliphatic rings. The standard InChI is InChI=1S/C16H12N2O3S2/c17-10-12-3-6-14(7-4-12)23(19,20)18-11-13-5-8-15(21-13)16-2-1-9-22-16/h1-9,18H,11H2. The summed E-state index contributed by atoms with van der Waals surface area (Å²) in [6.45, 7) is 0.0632. The van der Waals surface area contributed by atoms with Crippen molar-refractivity contribution in [1.29, 1.82) is 5.26 Å². The number of nitrogens with one attached hydrogen (secondary N) is 1. The van der Waals surface area contributed by atoms with Crippen LogP contribution in [-0.4, -0.2) is 8.42 Å². The smallest absolute Gasteiger partial charge is 0.240 e. The maximum Gasteiger partial charge on any atom is 0.240 e. The summed E-state index contributed by atoms with van der Waals surface area (Å²) in [5, 5.41) is 10.7. The van der Waals surface area contributed by atoms with E-state index in [1.54, 1.807) is 17.4 Å². The summed E-state index contributed by atoms with van der Waals surface area (Å²) in [6, 6.07) is 15.1. The molecule has 0 bridgehead atoms. The average Bonchev–Trinajstić information content (AvgIpc) is 3.24. The first kappa shape index (κ1) is 15.5. The number of sulfonamides is 1. The molecule has 0 fully saturated rings. The number of nitrogens with zero attached hydrogens (tertiary/aromatic N) is 1. The molecule has 5 nitrogen and oxygen atoms in total. The zero-order valence-corrected chi connectivity index (χ0v) is 13.5. The van der Waals surface area contributed by atoms with Gasteiger partial charge >= 0.3 is 0 Å². The van der Waals surface area contributed by atoms with Gasteiger partial charge in [0.15, 0.2) is 0 Å². The molecule has 0 aliphatic heterocycles. The lowest BCUT2D eigenvalue weighted by molar-refractivity contribution is 0.510. The van der Waals surface area contributed by atoms with E-state index in [1.165, 1.54) is 24.3 Å². The van der Waals surface area contributed by atoms with Crippen molar-refractivity contribution in [3.8, 4) is 16.7 Å². The van der Waals surface area contributed by atoms with Gasteiger partial charge in [0.2, 0.25) is 10.0 Å². The zero-order valence-electron chi connectivity index (χ0n) is 11.9. The summed E-state index contributed by atoms with van der Waals surface area (Å²) in [6.07, 6.45) is 0. The van der Waals surface area contributed by atoms with E-state index in [9.17, 15) is 8.42 Å². The van der Waals surface area contributed by atoms with Crippen molar-refractivity contribution < 1.29 is 12.8 Å². The second kappa shape index (κ2) is 6.38. The lowest BCUT2D eigenvalue weighted by atomic mass is 10.2. The monoisotopic (exact) mass is 344 g/mol. The van der Waals surface area contributed by atoms with Crippen LogP contribution in [0.1, 0.15) is 11.3 Å². The average molecular weight is 344 g/mol. The van der Waals surface area contributed by atoms with E-state index in [0.717, 1.165) is 4.88 Å². The highest BCUT2D eigenvalue weighted by Gasteiger charge is 2.15. The van der Waals surface area contributed by atoms with Gasteiger partial charge in [0, 0.05) is 0 Å². The second-order valence-corrected chi connectivity index (χ2v) is 7.42. The van der Waals surface area contributed by atoms with Crippen LogP contribution < -0.4 is 4.72 Å². The van der Waals surface area contributed by atoms with E-state index in [1.807, 2.05) is 29.6 Å². The molecule has 0 aliphatic carbocycles. The fourth-order valence-electron chi connectivity index (χ4n) is 1.98. The summed E-state index contributed by atoms with van der Waals surface area (Å²) >= 11 is 1.55. The summed E-state index contributed by atoms with van der Waals surface area (Å²) in [4.78, 5) is 1.10. The van der Waals surface area contributed by atoms with E-state index in [2.05, 4.69) is 4.72 Å².